The first-order chi connectivity index (χ1) is 12.2. The third-order valence-corrected chi connectivity index (χ3v) is 4.87. The second-order valence-electron chi connectivity index (χ2n) is 5.58. The summed E-state index contributed by atoms with van der Waals surface area (Å²) < 4.78 is 2.09. The predicted octanol–water partition coefficient (Wildman–Crippen LogP) is 4.15. The number of thioether (sulfide) groups is 1. The van der Waals surface area contributed by atoms with Gasteiger partial charge in [0.1, 0.15) is 5.82 Å². The van der Waals surface area contributed by atoms with Crippen molar-refractivity contribution in [1.82, 2.24) is 14.8 Å². The lowest BCUT2D eigenvalue weighted by molar-refractivity contribution is 0.102. The monoisotopic (exact) mass is 352 g/mol. The minimum absolute atomic E-state index is 0.105. The average Bonchev–Trinajstić information content (AvgIpc) is 3.01. The van der Waals surface area contributed by atoms with E-state index in [2.05, 4.69) is 27.0 Å². The molecule has 1 amide bonds. The SMILES string of the molecule is CCn1c(C)nnc1SCc1ccc(C(=O)Nc2ccccc2)cc1. The number of anilines is 1. The highest BCUT2D eigenvalue weighted by molar-refractivity contribution is 7.98. The summed E-state index contributed by atoms with van der Waals surface area (Å²) in [6.45, 7) is 4.90. The molecule has 0 atom stereocenters. The summed E-state index contributed by atoms with van der Waals surface area (Å²) in [6.07, 6.45) is 0. The molecule has 0 aliphatic rings. The van der Waals surface area contributed by atoms with E-state index in [-0.39, 0.29) is 5.91 Å². The number of carbonyl (C=O) groups is 1. The maximum Gasteiger partial charge on any atom is 0.255 e. The van der Waals surface area contributed by atoms with Gasteiger partial charge in [0, 0.05) is 23.5 Å². The van der Waals surface area contributed by atoms with E-state index >= 15 is 0 Å². The van der Waals surface area contributed by atoms with Gasteiger partial charge >= 0.3 is 0 Å². The molecule has 0 fully saturated rings. The number of carbonyl (C=O) groups excluding carboxylic acids is 1. The van der Waals surface area contributed by atoms with Gasteiger partial charge in [0.25, 0.3) is 5.91 Å². The molecule has 1 heterocycles. The van der Waals surface area contributed by atoms with Crippen molar-refractivity contribution >= 4 is 23.4 Å². The first-order valence-electron chi connectivity index (χ1n) is 8.15. The Morgan fingerprint density at radius 3 is 2.48 bits per heavy atom. The lowest BCUT2D eigenvalue weighted by Gasteiger charge is -2.07. The maximum absolute atomic E-state index is 12.3. The number of nitrogens with one attached hydrogen (secondary N) is 1. The molecule has 1 N–H and O–H groups in total. The fraction of sp³-hybridized carbons (Fsp3) is 0.211. The van der Waals surface area contributed by atoms with Crippen LogP contribution >= 0.6 is 11.8 Å². The Morgan fingerprint density at radius 1 is 1.08 bits per heavy atom. The molecule has 0 aliphatic carbocycles. The summed E-state index contributed by atoms with van der Waals surface area (Å²) in [5.74, 6) is 1.61. The van der Waals surface area contributed by atoms with Crippen LogP contribution in [-0.2, 0) is 12.3 Å². The Balaban J connectivity index is 1.61. The van der Waals surface area contributed by atoms with Gasteiger partial charge in [-0.1, -0.05) is 42.1 Å². The largest absolute Gasteiger partial charge is 0.322 e. The molecule has 0 unspecified atom stereocenters. The van der Waals surface area contributed by atoms with Gasteiger partial charge in [-0.15, -0.1) is 10.2 Å². The normalized spacial score (nSPS) is 10.6. The van der Waals surface area contributed by atoms with Crippen molar-refractivity contribution in [3.05, 3.63) is 71.5 Å². The summed E-state index contributed by atoms with van der Waals surface area (Å²) in [5.41, 5.74) is 2.58. The van der Waals surface area contributed by atoms with E-state index in [1.54, 1.807) is 11.8 Å². The van der Waals surface area contributed by atoms with Crippen LogP contribution in [0.25, 0.3) is 0 Å². The third kappa shape index (κ3) is 4.28. The van der Waals surface area contributed by atoms with Gasteiger partial charge in [-0.3, -0.25) is 4.79 Å². The van der Waals surface area contributed by atoms with Crippen molar-refractivity contribution in [1.29, 1.82) is 0 Å². The highest BCUT2D eigenvalue weighted by Crippen LogP contribution is 2.22. The van der Waals surface area contributed by atoms with Crippen LogP contribution in [0.15, 0.2) is 59.8 Å². The zero-order valence-corrected chi connectivity index (χ0v) is 15.1. The summed E-state index contributed by atoms with van der Waals surface area (Å²) in [7, 11) is 0. The number of hydrogen-bond acceptors (Lipinski definition) is 4. The highest BCUT2D eigenvalue weighted by atomic mass is 32.2. The van der Waals surface area contributed by atoms with Crippen molar-refractivity contribution in [2.75, 3.05) is 5.32 Å². The second-order valence-corrected chi connectivity index (χ2v) is 6.52. The van der Waals surface area contributed by atoms with Gasteiger partial charge in [0.05, 0.1) is 0 Å². The van der Waals surface area contributed by atoms with Crippen molar-refractivity contribution in [2.45, 2.75) is 31.3 Å². The lowest BCUT2D eigenvalue weighted by Crippen LogP contribution is -2.11. The van der Waals surface area contributed by atoms with Crippen LogP contribution in [0.4, 0.5) is 5.69 Å². The number of aromatic nitrogens is 3. The highest BCUT2D eigenvalue weighted by Gasteiger charge is 2.09. The molecule has 0 saturated heterocycles. The standard InChI is InChI=1S/C19H20N4OS/c1-3-23-14(2)21-22-19(23)25-13-15-9-11-16(12-10-15)18(24)20-17-7-5-4-6-8-17/h4-12H,3,13H2,1-2H3,(H,20,24). The molecule has 3 rings (SSSR count). The lowest BCUT2D eigenvalue weighted by atomic mass is 10.1. The minimum Gasteiger partial charge on any atom is -0.322 e. The minimum atomic E-state index is -0.105. The van der Waals surface area contributed by atoms with E-state index < -0.39 is 0 Å². The number of aryl methyl sites for hydroxylation is 1. The van der Waals surface area contributed by atoms with Crippen LogP contribution in [0.2, 0.25) is 0 Å². The first kappa shape index (κ1) is 17.2. The number of benzene rings is 2. The van der Waals surface area contributed by atoms with Crippen LogP contribution in [0.5, 0.6) is 0 Å². The zero-order chi connectivity index (χ0) is 17.6. The molecule has 0 aliphatic heterocycles. The molecule has 1 aromatic heterocycles. The molecular weight excluding hydrogens is 332 g/mol. The molecule has 0 saturated carbocycles. The van der Waals surface area contributed by atoms with E-state index in [1.807, 2.05) is 61.5 Å². The van der Waals surface area contributed by atoms with Gasteiger partial charge in [0.15, 0.2) is 5.16 Å². The predicted molar refractivity (Wildman–Crippen MR) is 101 cm³/mol. The second kappa shape index (κ2) is 7.98. The van der Waals surface area contributed by atoms with Crippen LogP contribution in [-0.4, -0.2) is 20.7 Å². The fourth-order valence-corrected chi connectivity index (χ4v) is 3.46. The molecule has 128 valence electrons. The summed E-state index contributed by atoms with van der Waals surface area (Å²) in [4.78, 5) is 12.3. The Kier molecular flexibility index (Phi) is 5.50. The van der Waals surface area contributed by atoms with Gasteiger partial charge in [-0.25, -0.2) is 0 Å². The van der Waals surface area contributed by atoms with Crippen LogP contribution < -0.4 is 5.32 Å². The Morgan fingerprint density at radius 2 is 1.80 bits per heavy atom. The quantitative estimate of drug-likeness (QED) is 0.677. The molecule has 5 nitrogen and oxygen atoms in total. The van der Waals surface area contributed by atoms with Gasteiger partial charge < -0.3 is 9.88 Å². The van der Waals surface area contributed by atoms with Crippen molar-refractivity contribution in [2.24, 2.45) is 0 Å². The number of para-hydroxylation sites is 1. The van der Waals surface area contributed by atoms with Crippen molar-refractivity contribution in [3.63, 3.8) is 0 Å². The Hall–Kier alpha value is -2.60. The number of nitrogens with zero attached hydrogens (tertiary/aromatic N) is 3. The molecule has 0 radical (unpaired) electrons. The smallest absolute Gasteiger partial charge is 0.255 e. The number of amides is 1. The maximum atomic E-state index is 12.3. The zero-order valence-electron chi connectivity index (χ0n) is 14.3. The van der Waals surface area contributed by atoms with Crippen LogP contribution in [0, 0.1) is 6.92 Å². The van der Waals surface area contributed by atoms with Crippen molar-refractivity contribution < 1.29 is 4.79 Å². The number of rotatable bonds is 6. The average molecular weight is 352 g/mol. The molecule has 2 aromatic carbocycles. The van der Waals surface area contributed by atoms with Gasteiger partial charge in [0.2, 0.25) is 0 Å². The summed E-state index contributed by atoms with van der Waals surface area (Å²) in [5, 5.41) is 12.1. The first-order valence-corrected chi connectivity index (χ1v) is 9.14. The number of hydrogen-bond donors (Lipinski definition) is 1. The van der Waals surface area contributed by atoms with E-state index in [4.69, 9.17) is 0 Å². The summed E-state index contributed by atoms with van der Waals surface area (Å²) >= 11 is 1.65. The molecule has 3 aromatic rings. The molecule has 6 heteroatoms. The van der Waals surface area contributed by atoms with E-state index in [0.717, 1.165) is 34.5 Å². The topological polar surface area (TPSA) is 59.8 Å². The Bertz CT molecular complexity index is 844. The van der Waals surface area contributed by atoms with Gasteiger partial charge in [-0.05, 0) is 43.7 Å². The molecule has 25 heavy (non-hydrogen) atoms. The Labute approximate surface area is 151 Å². The van der Waals surface area contributed by atoms with Crippen LogP contribution in [0.1, 0.15) is 28.7 Å². The molecule has 0 bridgehead atoms. The molecular formula is C19H20N4OS. The fourth-order valence-electron chi connectivity index (χ4n) is 2.46. The third-order valence-electron chi connectivity index (χ3n) is 3.83. The van der Waals surface area contributed by atoms with E-state index in [1.165, 1.54) is 0 Å². The van der Waals surface area contributed by atoms with Gasteiger partial charge in [-0.2, -0.15) is 0 Å². The van der Waals surface area contributed by atoms with Crippen molar-refractivity contribution in [3.8, 4) is 0 Å². The summed E-state index contributed by atoms with van der Waals surface area (Å²) in [6, 6.07) is 17.1. The molecule has 0 spiro atoms. The van der Waals surface area contributed by atoms with Crippen LogP contribution in [0.3, 0.4) is 0 Å². The van der Waals surface area contributed by atoms with E-state index in [0.29, 0.717) is 5.56 Å². The van der Waals surface area contributed by atoms with E-state index in [9.17, 15) is 4.79 Å².